The number of halogens is 3. The third kappa shape index (κ3) is 8.69. The van der Waals surface area contributed by atoms with E-state index in [1.807, 2.05) is 0 Å². The van der Waals surface area contributed by atoms with Gasteiger partial charge in [0, 0.05) is 20.1 Å². The standard InChI is InChI=1S/C21H33F3N4O2/c1-16-7-11-28(12-8-16)10-4-9-26-20(25-2)27-14-17-5-6-18(19(13-17)29-3)30-15-21(22,23)24/h5-6,13,16H,4,7-12,14-15H2,1-3H3,(H2,25,26,27). The van der Waals surface area contributed by atoms with E-state index < -0.39 is 12.8 Å². The number of piperidine rings is 1. The summed E-state index contributed by atoms with van der Waals surface area (Å²) in [5, 5.41) is 6.50. The van der Waals surface area contributed by atoms with Crippen LogP contribution in [0.2, 0.25) is 0 Å². The van der Waals surface area contributed by atoms with Gasteiger partial charge in [-0.15, -0.1) is 0 Å². The molecule has 0 bridgehead atoms. The molecule has 30 heavy (non-hydrogen) atoms. The minimum atomic E-state index is -4.39. The van der Waals surface area contributed by atoms with Gasteiger partial charge in [0.25, 0.3) is 0 Å². The lowest BCUT2D eigenvalue weighted by atomic mass is 9.99. The molecule has 0 unspecified atom stereocenters. The van der Waals surface area contributed by atoms with Crippen molar-refractivity contribution in [1.29, 1.82) is 0 Å². The van der Waals surface area contributed by atoms with Crippen molar-refractivity contribution in [3.8, 4) is 11.5 Å². The Hall–Kier alpha value is -2.16. The van der Waals surface area contributed by atoms with Gasteiger partial charge < -0.3 is 25.0 Å². The normalized spacial score (nSPS) is 16.4. The summed E-state index contributed by atoms with van der Waals surface area (Å²) in [6, 6.07) is 4.84. The van der Waals surface area contributed by atoms with Crippen molar-refractivity contribution >= 4 is 5.96 Å². The Morgan fingerprint density at radius 1 is 1.20 bits per heavy atom. The molecular formula is C21H33F3N4O2. The molecule has 170 valence electrons. The minimum Gasteiger partial charge on any atom is -0.493 e. The maximum Gasteiger partial charge on any atom is 0.422 e. The number of benzene rings is 1. The highest BCUT2D eigenvalue weighted by Gasteiger charge is 2.29. The third-order valence-electron chi connectivity index (χ3n) is 5.12. The average molecular weight is 431 g/mol. The molecule has 1 aromatic rings. The van der Waals surface area contributed by atoms with E-state index in [1.165, 1.54) is 39.1 Å². The van der Waals surface area contributed by atoms with Crippen molar-refractivity contribution in [3.63, 3.8) is 0 Å². The Bertz CT molecular complexity index is 675. The predicted octanol–water partition coefficient (Wildman–Crippen LogP) is 3.42. The molecule has 0 spiro atoms. The summed E-state index contributed by atoms with van der Waals surface area (Å²) in [6.07, 6.45) is -0.801. The van der Waals surface area contributed by atoms with Crippen LogP contribution in [0.4, 0.5) is 13.2 Å². The van der Waals surface area contributed by atoms with Crippen LogP contribution in [0.1, 0.15) is 31.7 Å². The van der Waals surface area contributed by atoms with Gasteiger partial charge in [0.05, 0.1) is 7.11 Å². The number of aliphatic imine (C=N–C) groups is 1. The maximum atomic E-state index is 12.4. The number of nitrogens with one attached hydrogen (secondary N) is 2. The quantitative estimate of drug-likeness (QED) is 0.357. The molecule has 0 saturated carbocycles. The maximum absolute atomic E-state index is 12.4. The first-order valence-electron chi connectivity index (χ1n) is 10.3. The molecule has 2 N–H and O–H groups in total. The molecule has 9 heteroatoms. The summed E-state index contributed by atoms with van der Waals surface area (Å²) < 4.78 is 47.0. The lowest BCUT2D eigenvalue weighted by molar-refractivity contribution is -0.153. The zero-order valence-corrected chi connectivity index (χ0v) is 18.0. The van der Waals surface area contributed by atoms with Gasteiger partial charge in [-0.3, -0.25) is 4.99 Å². The van der Waals surface area contributed by atoms with Crippen LogP contribution >= 0.6 is 0 Å². The van der Waals surface area contributed by atoms with E-state index >= 15 is 0 Å². The van der Waals surface area contributed by atoms with Crippen molar-refractivity contribution in [2.45, 2.75) is 38.9 Å². The van der Waals surface area contributed by atoms with Crippen molar-refractivity contribution in [1.82, 2.24) is 15.5 Å². The van der Waals surface area contributed by atoms with E-state index in [2.05, 4.69) is 27.4 Å². The van der Waals surface area contributed by atoms with Crippen LogP contribution in [0, 0.1) is 5.92 Å². The number of likely N-dealkylation sites (tertiary alicyclic amines) is 1. The number of methoxy groups -OCH3 is 1. The highest BCUT2D eigenvalue weighted by Crippen LogP contribution is 2.29. The summed E-state index contributed by atoms with van der Waals surface area (Å²) in [5.41, 5.74) is 0.844. The van der Waals surface area contributed by atoms with Gasteiger partial charge in [0.15, 0.2) is 24.1 Å². The molecular weight excluding hydrogens is 397 g/mol. The summed E-state index contributed by atoms with van der Waals surface area (Å²) in [5.74, 6) is 1.84. The first-order valence-corrected chi connectivity index (χ1v) is 10.3. The molecule has 1 saturated heterocycles. The minimum absolute atomic E-state index is 0.0631. The molecule has 0 atom stereocenters. The summed E-state index contributed by atoms with van der Waals surface area (Å²) in [4.78, 5) is 6.72. The second-order valence-corrected chi connectivity index (χ2v) is 7.62. The second-order valence-electron chi connectivity index (χ2n) is 7.62. The van der Waals surface area contributed by atoms with E-state index in [-0.39, 0.29) is 11.5 Å². The Kier molecular flexibility index (Phi) is 9.55. The van der Waals surface area contributed by atoms with E-state index in [9.17, 15) is 13.2 Å². The zero-order valence-electron chi connectivity index (χ0n) is 18.0. The lowest BCUT2D eigenvalue weighted by Gasteiger charge is -2.30. The van der Waals surface area contributed by atoms with Crippen LogP contribution in [0.5, 0.6) is 11.5 Å². The van der Waals surface area contributed by atoms with Gasteiger partial charge in [-0.2, -0.15) is 13.2 Å². The van der Waals surface area contributed by atoms with Crippen molar-refractivity contribution < 1.29 is 22.6 Å². The second kappa shape index (κ2) is 11.9. The molecule has 0 aromatic heterocycles. The van der Waals surface area contributed by atoms with Crippen molar-refractivity contribution in [3.05, 3.63) is 23.8 Å². The van der Waals surface area contributed by atoms with Crippen molar-refractivity contribution in [2.75, 3.05) is 46.9 Å². The molecule has 0 radical (unpaired) electrons. The van der Waals surface area contributed by atoms with Gasteiger partial charge in [-0.1, -0.05) is 13.0 Å². The number of nitrogens with zero attached hydrogens (tertiary/aromatic N) is 2. The molecule has 1 aromatic carbocycles. The van der Waals surface area contributed by atoms with Crippen LogP contribution in [-0.4, -0.2) is 64.0 Å². The highest BCUT2D eigenvalue weighted by atomic mass is 19.4. The van der Waals surface area contributed by atoms with Gasteiger partial charge in [-0.05, 0) is 62.5 Å². The largest absolute Gasteiger partial charge is 0.493 e. The first-order chi connectivity index (χ1) is 14.3. The lowest BCUT2D eigenvalue weighted by Crippen LogP contribution is -2.39. The van der Waals surface area contributed by atoms with Crippen LogP contribution in [-0.2, 0) is 6.54 Å². The van der Waals surface area contributed by atoms with E-state index in [4.69, 9.17) is 9.47 Å². The van der Waals surface area contributed by atoms with Gasteiger partial charge in [0.1, 0.15) is 0 Å². The number of hydrogen-bond donors (Lipinski definition) is 2. The van der Waals surface area contributed by atoms with E-state index in [0.29, 0.717) is 12.5 Å². The highest BCUT2D eigenvalue weighted by molar-refractivity contribution is 5.79. The molecule has 0 aliphatic carbocycles. The molecule has 2 rings (SSSR count). The van der Waals surface area contributed by atoms with Crippen molar-refractivity contribution in [2.24, 2.45) is 10.9 Å². The van der Waals surface area contributed by atoms with Gasteiger partial charge >= 0.3 is 6.18 Å². The Morgan fingerprint density at radius 2 is 1.93 bits per heavy atom. The number of alkyl halides is 3. The smallest absolute Gasteiger partial charge is 0.422 e. The average Bonchev–Trinajstić information content (AvgIpc) is 2.72. The molecule has 6 nitrogen and oxygen atoms in total. The monoisotopic (exact) mass is 430 g/mol. The summed E-state index contributed by atoms with van der Waals surface area (Å²) in [7, 11) is 3.10. The number of guanidine groups is 1. The molecule has 1 aliphatic heterocycles. The first kappa shape index (κ1) is 24.1. The zero-order chi connectivity index (χ0) is 22.0. The summed E-state index contributed by atoms with van der Waals surface area (Å²) in [6.45, 7) is 5.67. The molecule has 1 fully saturated rings. The fraction of sp³-hybridized carbons (Fsp3) is 0.667. The van der Waals surface area contributed by atoms with Crippen LogP contribution < -0.4 is 20.1 Å². The fourth-order valence-electron chi connectivity index (χ4n) is 3.30. The Labute approximate surface area is 176 Å². The van der Waals surface area contributed by atoms with Gasteiger partial charge in [-0.25, -0.2) is 0 Å². The van der Waals surface area contributed by atoms with E-state index in [1.54, 1.807) is 19.2 Å². The number of rotatable bonds is 9. The number of hydrogen-bond acceptors (Lipinski definition) is 4. The number of ether oxygens (including phenoxy) is 2. The van der Waals surface area contributed by atoms with Crippen LogP contribution in [0.25, 0.3) is 0 Å². The van der Waals surface area contributed by atoms with E-state index in [0.717, 1.165) is 31.0 Å². The fourth-order valence-corrected chi connectivity index (χ4v) is 3.30. The topological polar surface area (TPSA) is 58.1 Å². The van der Waals surface area contributed by atoms with Crippen LogP contribution in [0.3, 0.4) is 0 Å². The van der Waals surface area contributed by atoms with Crippen LogP contribution in [0.15, 0.2) is 23.2 Å². The molecule has 1 heterocycles. The Morgan fingerprint density at radius 3 is 2.57 bits per heavy atom. The van der Waals surface area contributed by atoms with Gasteiger partial charge in [0.2, 0.25) is 0 Å². The SMILES string of the molecule is CN=C(NCCCN1CCC(C)CC1)NCc1ccc(OCC(F)(F)F)c(OC)c1. The molecule has 0 amide bonds. The summed E-state index contributed by atoms with van der Waals surface area (Å²) >= 11 is 0. The Balaban J connectivity index is 1.74. The molecule has 1 aliphatic rings. The predicted molar refractivity (Wildman–Crippen MR) is 112 cm³/mol. The third-order valence-corrected chi connectivity index (χ3v) is 5.12.